The molecule has 6 heteroatoms. The van der Waals surface area contributed by atoms with Crippen molar-refractivity contribution in [3.8, 4) is 0 Å². The lowest BCUT2D eigenvalue weighted by Gasteiger charge is -2.14. The van der Waals surface area contributed by atoms with Gasteiger partial charge in [-0.05, 0) is 29.8 Å². The zero-order chi connectivity index (χ0) is 14.8. The summed E-state index contributed by atoms with van der Waals surface area (Å²) in [5.74, 6) is -0.497. The molecular weight excluding hydrogens is 272 g/mol. The summed E-state index contributed by atoms with van der Waals surface area (Å²) in [5, 5.41) is 2.78. The lowest BCUT2D eigenvalue weighted by Crippen LogP contribution is -2.12. The van der Waals surface area contributed by atoms with Crippen LogP contribution in [0.1, 0.15) is 11.1 Å². The summed E-state index contributed by atoms with van der Waals surface area (Å²) in [7, 11) is 0. The molecule has 0 amide bonds. The summed E-state index contributed by atoms with van der Waals surface area (Å²) in [5.41, 5.74) is 5.52. The Kier molecular flexibility index (Phi) is 3.83. The Bertz CT molecular complexity index is 608. The molecule has 0 saturated carbocycles. The van der Waals surface area contributed by atoms with Crippen LogP contribution in [0.3, 0.4) is 0 Å². The van der Waals surface area contributed by atoms with Crippen LogP contribution < -0.4 is 11.1 Å². The number of hydrogen-bond donors (Lipinski definition) is 2. The first-order chi connectivity index (χ1) is 9.38. The Balaban J connectivity index is 2.19. The summed E-state index contributed by atoms with van der Waals surface area (Å²) >= 11 is 0. The Hall–Kier alpha value is -2.24. The van der Waals surface area contributed by atoms with Gasteiger partial charge in [0, 0.05) is 6.54 Å². The minimum Gasteiger partial charge on any atom is -0.397 e. The highest BCUT2D eigenvalue weighted by Gasteiger charge is 2.32. The van der Waals surface area contributed by atoms with Gasteiger partial charge in [-0.2, -0.15) is 13.2 Å². The highest BCUT2D eigenvalue weighted by molar-refractivity contribution is 5.66. The van der Waals surface area contributed by atoms with Gasteiger partial charge >= 0.3 is 6.18 Å². The number of nitrogen functional groups attached to an aromatic ring is 1. The van der Waals surface area contributed by atoms with E-state index in [-0.39, 0.29) is 17.8 Å². The van der Waals surface area contributed by atoms with E-state index in [9.17, 15) is 17.6 Å². The predicted molar refractivity (Wildman–Crippen MR) is 69.6 cm³/mol. The third-order valence-corrected chi connectivity index (χ3v) is 2.81. The standard InChI is InChI=1S/C14H12F4N2/c15-10-5-6-13(12(19)7-10)20-8-9-3-1-2-4-11(9)14(16,17)18/h1-7,20H,8,19H2. The van der Waals surface area contributed by atoms with E-state index in [4.69, 9.17) is 5.73 Å². The first kappa shape index (κ1) is 14.2. The van der Waals surface area contributed by atoms with Crippen molar-refractivity contribution < 1.29 is 17.6 Å². The maximum absolute atomic E-state index is 12.9. The number of alkyl halides is 3. The third kappa shape index (κ3) is 3.20. The van der Waals surface area contributed by atoms with E-state index in [2.05, 4.69) is 5.32 Å². The van der Waals surface area contributed by atoms with Gasteiger partial charge in [0.1, 0.15) is 5.82 Å². The van der Waals surface area contributed by atoms with Crippen LogP contribution in [-0.2, 0) is 12.7 Å². The third-order valence-electron chi connectivity index (χ3n) is 2.81. The fourth-order valence-electron chi connectivity index (χ4n) is 1.84. The Morgan fingerprint density at radius 2 is 1.75 bits per heavy atom. The van der Waals surface area contributed by atoms with Crippen molar-refractivity contribution >= 4 is 11.4 Å². The van der Waals surface area contributed by atoms with Crippen LogP contribution in [0, 0.1) is 5.82 Å². The highest BCUT2D eigenvalue weighted by atomic mass is 19.4. The highest BCUT2D eigenvalue weighted by Crippen LogP contribution is 2.32. The Morgan fingerprint density at radius 1 is 1.05 bits per heavy atom. The van der Waals surface area contributed by atoms with E-state index in [0.717, 1.165) is 12.1 Å². The molecule has 0 fully saturated rings. The molecule has 0 aliphatic heterocycles. The largest absolute Gasteiger partial charge is 0.416 e. The molecule has 0 aliphatic carbocycles. The van der Waals surface area contributed by atoms with Gasteiger partial charge in [-0.25, -0.2) is 4.39 Å². The van der Waals surface area contributed by atoms with E-state index in [1.54, 1.807) is 0 Å². The number of nitrogens with two attached hydrogens (primary N) is 1. The second-order valence-electron chi connectivity index (χ2n) is 4.24. The van der Waals surface area contributed by atoms with Crippen LogP contribution >= 0.6 is 0 Å². The number of hydrogen-bond acceptors (Lipinski definition) is 2. The molecule has 2 nitrogen and oxygen atoms in total. The normalized spacial score (nSPS) is 11.4. The molecule has 20 heavy (non-hydrogen) atoms. The molecule has 0 radical (unpaired) electrons. The van der Waals surface area contributed by atoms with Gasteiger partial charge in [-0.15, -0.1) is 0 Å². The maximum atomic E-state index is 12.9. The number of halogens is 4. The summed E-state index contributed by atoms with van der Waals surface area (Å²) in [6, 6.07) is 8.95. The number of nitrogens with one attached hydrogen (secondary N) is 1. The molecule has 106 valence electrons. The van der Waals surface area contributed by atoms with Crippen molar-refractivity contribution in [3.63, 3.8) is 0 Å². The van der Waals surface area contributed by atoms with Gasteiger partial charge in [0.05, 0.1) is 16.9 Å². The predicted octanol–water partition coefficient (Wildman–Crippen LogP) is 4.04. The van der Waals surface area contributed by atoms with E-state index >= 15 is 0 Å². The van der Waals surface area contributed by atoms with Crippen molar-refractivity contribution in [3.05, 3.63) is 59.4 Å². The molecule has 0 spiro atoms. The molecule has 0 bridgehead atoms. The second-order valence-corrected chi connectivity index (χ2v) is 4.24. The van der Waals surface area contributed by atoms with Crippen LogP contribution in [0.2, 0.25) is 0 Å². The molecular formula is C14H12F4N2. The molecule has 0 unspecified atom stereocenters. The number of anilines is 2. The number of rotatable bonds is 3. The average Bonchev–Trinajstić information content (AvgIpc) is 2.37. The molecule has 2 aromatic rings. The lowest BCUT2D eigenvalue weighted by molar-refractivity contribution is -0.138. The molecule has 0 aromatic heterocycles. The molecule has 0 atom stereocenters. The van der Waals surface area contributed by atoms with Gasteiger partial charge in [0.2, 0.25) is 0 Å². The van der Waals surface area contributed by atoms with E-state index < -0.39 is 17.6 Å². The minimum atomic E-state index is -4.41. The van der Waals surface area contributed by atoms with Crippen LogP contribution in [0.4, 0.5) is 28.9 Å². The van der Waals surface area contributed by atoms with Crippen LogP contribution in [0.15, 0.2) is 42.5 Å². The smallest absolute Gasteiger partial charge is 0.397 e. The Labute approximate surface area is 113 Å². The zero-order valence-electron chi connectivity index (χ0n) is 10.3. The molecule has 3 N–H and O–H groups in total. The van der Waals surface area contributed by atoms with E-state index in [1.165, 1.54) is 30.3 Å². The van der Waals surface area contributed by atoms with Gasteiger partial charge in [-0.1, -0.05) is 18.2 Å². The first-order valence-electron chi connectivity index (χ1n) is 5.82. The molecule has 0 saturated heterocycles. The SMILES string of the molecule is Nc1cc(F)ccc1NCc1ccccc1C(F)(F)F. The van der Waals surface area contributed by atoms with Crippen molar-refractivity contribution in [1.82, 2.24) is 0 Å². The van der Waals surface area contributed by atoms with Crippen molar-refractivity contribution in [2.45, 2.75) is 12.7 Å². The molecule has 0 heterocycles. The molecule has 0 aliphatic rings. The van der Waals surface area contributed by atoms with Crippen LogP contribution in [0.5, 0.6) is 0 Å². The topological polar surface area (TPSA) is 38.0 Å². The van der Waals surface area contributed by atoms with Crippen LogP contribution in [0.25, 0.3) is 0 Å². The van der Waals surface area contributed by atoms with Gasteiger partial charge in [0.15, 0.2) is 0 Å². The Morgan fingerprint density at radius 3 is 2.40 bits per heavy atom. The monoisotopic (exact) mass is 284 g/mol. The summed E-state index contributed by atoms with van der Waals surface area (Å²) in [6.07, 6.45) is -4.41. The summed E-state index contributed by atoms with van der Waals surface area (Å²) in [6.45, 7) is -0.0501. The van der Waals surface area contributed by atoms with E-state index in [0.29, 0.717) is 5.69 Å². The molecule has 2 rings (SSSR count). The zero-order valence-corrected chi connectivity index (χ0v) is 10.3. The fourth-order valence-corrected chi connectivity index (χ4v) is 1.84. The molecule has 2 aromatic carbocycles. The minimum absolute atomic E-state index is 0.0501. The average molecular weight is 284 g/mol. The number of benzene rings is 2. The van der Waals surface area contributed by atoms with Gasteiger partial charge in [0.25, 0.3) is 0 Å². The van der Waals surface area contributed by atoms with E-state index in [1.807, 2.05) is 0 Å². The summed E-state index contributed by atoms with van der Waals surface area (Å²) in [4.78, 5) is 0. The van der Waals surface area contributed by atoms with Gasteiger partial charge < -0.3 is 11.1 Å². The van der Waals surface area contributed by atoms with Gasteiger partial charge in [-0.3, -0.25) is 0 Å². The van der Waals surface area contributed by atoms with Crippen molar-refractivity contribution in [2.75, 3.05) is 11.1 Å². The lowest BCUT2D eigenvalue weighted by atomic mass is 10.1. The first-order valence-corrected chi connectivity index (χ1v) is 5.82. The summed E-state index contributed by atoms with van der Waals surface area (Å²) < 4.78 is 51.3. The quantitative estimate of drug-likeness (QED) is 0.659. The second kappa shape index (κ2) is 5.40. The fraction of sp³-hybridized carbons (Fsp3) is 0.143. The van der Waals surface area contributed by atoms with Crippen molar-refractivity contribution in [1.29, 1.82) is 0 Å². The maximum Gasteiger partial charge on any atom is 0.416 e. The van der Waals surface area contributed by atoms with Crippen LogP contribution in [-0.4, -0.2) is 0 Å². The van der Waals surface area contributed by atoms with Crippen molar-refractivity contribution in [2.24, 2.45) is 0 Å².